The number of imide groups is 1. The van der Waals surface area contributed by atoms with Crippen molar-refractivity contribution in [2.24, 2.45) is 0 Å². The van der Waals surface area contributed by atoms with Crippen molar-refractivity contribution in [3.8, 4) is 11.5 Å². The highest BCUT2D eigenvalue weighted by atomic mass is 35.5. The van der Waals surface area contributed by atoms with E-state index in [9.17, 15) is 18.8 Å². The summed E-state index contributed by atoms with van der Waals surface area (Å²) in [4.78, 5) is 38.9. The number of thioether (sulfide) groups is 1. The van der Waals surface area contributed by atoms with Gasteiger partial charge in [0.25, 0.3) is 17.1 Å². The molecule has 10 heteroatoms. The molecule has 7 nitrogen and oxygen atoms in total. The van der Waals surface area contributed by atoms with Crippen molar-refractivity contribution in [2.75, 3.05) is 18.5 Å². The van der Waals surface area contributed by atoms with Gasteiger partial charge in [0.15, 0.2) is 18.1 Å². The minimum atomic E-state index is -0.503. The molecule has 3 aromatic rings. The number of amides is 3. The van der Waals surface area contributed by atoms with Gasteiger partial charge >= 0.3 is 0 Å². The number of nitrogens with zero attached hydrogens (tertiary/aromatic N) is 1. The van der Waals surface area contributed by atoms with E-state index in [0.29, 0.717) is 34.9 Å². The first kappa shape index (κ1) is 26.2. The maximum atomic E-state index is 13.3. The Balaban J connectivity index is 1.45. The minimum absolute atomic E-state index is 0.0663. The molecule has 1 saturated heterocycles. The predicted molar refractivity (Wildman–Crippen MR) is 141 cm³/mol. The lowest BCUT2D eigenvalue weighted by Gasteiger charge is -2.14. The summed E-state index contributed by atoms with van der Waals surface area (Å²) in [5.41, 5.74) is 1.73. The fourth-order valence-electron chi connectivity index (χ4n) is 3.47. The first-order valence-corrected chi connectivity index (χ1v) is 12.5. The lowest BCUT2D eigenvalue weighted by atomic mass is 10.1. The Morgan fingerprint density at radius 1 is 1.05 bits per heavy atom. The van der Waals surface area contributed by atoms with Crippen LogP contribution in [0, 0.1) is 5.82 Å². The van der Waals surface area contributed by atoms with Gasteiger partial charge in [0.1, 0.15) is 5.82 Å². The molecule has 3 aromatic carbocycles. The third kappa shape index (κ3) is 6.69. The Morgan fingerprint density at radius 3 is 2.57 bits per heavy atom. The van der Waals surface area contributed by atoms with E-state index in [1.54, 1.807) is 36.4 Å². The van der Waals surface area contributed by atoms with Crippen LogP contribution < -0.4 is 14.8 Å². The summed E-state index contributed by atoms with van der Waals surface area (Å²) >= 11 is 6.86. The maximum Gasteiger partial charge on any atom is 0.293 e. The van der Waals surface area contributed by atoms with E-state index >= 15 is 0 Å². The summed E-state index contributed by atoms with van der Waals surface area (Å²) in [5.74, 6) is -0.557. The van der Waals surface area contributed by atoms with Crippen molar-refractivity contribution in [3.05, 3.63) is 93.6 Å². The third-order valence-corrected chi connectivity index (χ3v) is 6.46. The van der Waals surface area contributed by atoms with Crippen LogP contribution in [-0.2, 0) is 16.1 Å². The SMILES string of the molecule is CCOc1cc(/C=C2\SC(=O)N(Cc3ccc(F)cc3Cl)C2=O)ccc1OCC(=O)Nc1ccccc1. The van der Waals surface area contributed by atoms with E-state index in [0.717, 1.165) is 22.7 Å². The topological polar surface area (TPSA) is 84.9 Å². The Bertz CT molecular complexity index is 1370. The van der Waals surface area contributed by atoms with E-state index in [2.05, 4.69) is 5.32 Å². The van der Waals surface area contributed by atoms with Crippen LogP contribution in [-0.4, -0.2) is 35.2 Å². The number of carbonyl (C=O) groups excluding carboxylic acids is 3. The summed E-state index contributed by atoms with van der Waals surface area (Å²) in [7, 11) is 0. The second kappa shape index (κ2) is 11.9. The first-order chi connectivity index (χ1) is 17.8. The van der Waals surface area contributed by atoms with Crippen molar-refractivity contribution in [3.63, 3.8) is 0 Å². The number of hydrogen-bond acceptors (Lipinski definition) is 6. The average molecular weight is 541 g/mol. The summed E-state index contributed by atoms with van der Waals surface area (Å²) in [5, 5.41) is 2.43. The highest BCUT2D eigenvalue weighted by Crippen LogP contribution is 2.36. The Kier molecular flexibility index (Phi) is 8.47. The zero-order valence-corrected chi connectivity index (χ0v) is 21.3. The standard InChI is InChI=1S/C27H22ClFN2O5S/c1-2-35-23-12-17(8-11-22(23)36-16-25(32)30-20-6-4-3-5-7-20)13-24-26(33)31(27(34)37-24)15-18-9-10-19(29)14-21(18)28/h3-14H,2,15-16H2,1H3,(H,30,32)/b24-13-. The van der Waals surface area contributed by atoms with Crippen LogP contribution in [0.3, 0.4) is 0 Å². The molecular weight excluding hydrogens is 519 g/mol. The summed E-state index contributed by atoms with van der Waals surface area (Å²) in [6, 6.07) is 17.8. The van der Waals surface area contributed by atoms with Crippen molar-refractivity contribution in [1.29, 1.82) is 0 Å². The number of nitrogens with one attached hydrogen (secondary N) is 1. The van der Waals surface area contributed by atoms with E-state index < -0.39 is 17.0 Å². The van der Waals surface area contributed by atoms with E-state index in [1.807, 2.05) is 25.1 Å². The smallest absolute Gasteiger partial charge is 0.293 e. The second-order valence-corrected chi connectivity index (χ2v) is 9.25. The molecule has 0 radical (unpaired) electrons. The van der Waals surface area contributed by atoms with Gasteiger partial charge in [0.05, 0.1) is 18.1 Å². The van der Waals surface area contributed by atoms with Crippen LogP contribution in [0.25, 0.3) is 6.08 Å². The molecule has 1 aliphatic rings. The predicted octanol–water partition coefficient (Wildman–Crippen LogP) is 6.13. The Hall–Kier alpha value is -3.82. The zero-order valence-electron chi connectivity index (χ0n) is 19.7. The number of rotatable bonds is 9. The number of para-hydroxylation sites is 1. The fourth-order valence-corrected chi connectivity index (χ4v) is 4.54. The molecule has 1 heterocycles. The molecular formula is C27H22ClFN2O5S. The summed E-state index contributed by atoms with van der Waals surface area (Å²) in [6.07, 6.45) is 1.57. The molecule has 0 spiro atoms. The molecule has 4 rings (SSSR count). The molecule has 1 fully saturated rings. The van der Waals surface area contributed by atoms with Gasteiger partial charge in [-0.25, -0.2) is 4.39 Å². The van der Waals surface area contributed by atoms with Crippen LogP contribution in [0.1, 0.15) is 18.1 Å². The molecule has 37 heavy (non-hydrogen) atoms. The second-order valence-electron chi connectivity index (χ2n) is 7.85. The first-order valence-electron chi connectivity index (χ1n) is 11.3. The zero-order chi connectivity index (χ0) is 26.4. The fraction of sp³-hybridized carbons (Fsp3) is 0.148. The molecule has 0 aliphatic carbocycles. The number of ether oxygens (including phenoxy) is 2. The van der Waals surface area contributed by atoms with Gasteiger partial charge in [0, 0.05) is 10.7 Å². The van der Waals surface area contributed by atoms with Crippen LogP contribution >= 0.6 is 23.4 Å². The van der Waals surface area contributed by atoms with Crippen LogP contribution in [0.15, 0.2) is 71.6 Å². The molecule has 0 bridgehead atoms. The van der Waals surface area contributed by atoms with Gasteiger partial charge < -0.3 is 14.8 Å². The maximum absolute atomic E-state index is 13.3. The van der Waals surface area contributed by atoms with Gasteiger partial charge in [-0.05, 0) is 72.3 Å². The normalized spacial score (nSPS) is 14.2. The van der Waals surface area contributed by atoms with Crippen LogP contribution in [0.4, 0.5) is 14.9 Å². The van der Waals surface area contributed by atoms with Gasteiger partial charge in [-0.15, -0.1) is 0 Å². The van der Waals surface area contributed by atoms with E-state index in [-0.39, 0.29) is 29.0 Å². The number of benzene rings is 3. The number of anilines is 1. The molecule has 0 atom stereocenters. The lowest BCUT2D eigenvalue weighted by Crippen LogP contribution is -2.27. The minimum Gasteiger partial charge on any atom is -0.490 e. The van der Waals surface area contributed by atoms with Crippen molar-refractivity contribution >= 4 is 52.2 Å². The number of hydrogen-bond donors (Lipinski definition) is 1. The molecule has 0 aromatic heterocycles. The van der Waals surface area contributed by atoms with Gasteiger partial charge in [-0.2, -0.15) is 0 Å². The molecule has 0 saturated carbocycles. The molecule has 190 valence electrons. The molecule has 0 unspecified atom stereocenters. The summed E-state index contributed by atoms with van der Waals surface area (Å²) in [6.45, 7) is 1.87. The van der Waals surface area contributed by atoms with Crippen molar-refractivity contribution in [1.82, 2.24) is 4.90 Å². The quantitative estimate of drug-likeness (QED) is 0.329. The largest absolute Gasteiger partial charge is 0.490 e. The lowest BCUT2D eigenvalue weighted by molar-refractivity contribution is -0.123. The van der Waals surface area contributed by atoms with Crippen molar-refractivity contribution in [2.45, 2.75) is 13.5 Å². The average Bonchev–Trinajstić information content (AvgIpc) is 3.13. The summed E-state index contributed by atoms with van der Waals surface area (Å²) < 4.78 is 24.6. The number of halogens is 2. The van der Waals surface area contributed by atoms with E-state index in [4.69, 9.17) is 21.1 Å². The number of carbonyl (C=O) groups is 3. The van der Waals surface area contributed by atoms with Gasteiger partial charge in [-0.1, -0.05) is 41.9 Å². The van der Waals surface area contributed by atoms with Gasteiger partial charge in [0.2, 0.25) is 0 Å². The van der Waals surface area contributed by atoms with Crippen LogP contribution in [0.5, 0.6) is 11.5 Å². The Morgan fingerprint density at radius 2 is 1.84 bits per heavy atom. The third-order valence-electron chi connectivity index (χ3n) is 5.20. The van der Waals surface area contributed by atoms with Crippen molar-refractivity contribution < 1.29 is 28.2 Å². The van der Waals surface area contributed by atoms with E-state index in [1.165, 1.54) is 12.1 Å². The molecule has 1 aliphatic heterocycles. The van der Waals surface area contributed by atoms with Crippen LogP contribution in [0.2, 0.25) is 5.02 Å². The molecule has 1 N–H and O–H groups in total. The Labute approximate surface area is 222 Å². The van der Waals surface area contributed by atoms with Gasteiger partial charge in [-0.3, -0.25) is 19.3 Å². The molecule has 3 amide bonds. The monoisotopic (exact) mass is 540 g/mol. The highest BCUT2D eigenvalue weighted by Gasteiger charge is 2.35. The highest BCUT2D eigenvalue weighted by molar-refractivity contribution is 8.18.